The molecule has 766 valence electrons. The number of nitrogens with one attached hydrogen (secondary N) is 6. The molecule has 0 aromatic carbocycles. The highest BCUT2D eigenvalue weighted by atomic mass is 19.4. The lowest BCUT2D eigenvalue weighted by Gasteiger charge is -2.43. The summed E-state index contributed by atoms with van der Waals surface area (Å²) in [4.78, 5) is 54.1. The summed E-state index contributed by atoms with van der Waals surface area (Å²) < 4.78 is 527. The first kappa shape index (κ1) is 116. The molecule has 4 rings (SSSR count). The minimum Gasteiger partial charge on any atom is -0.447 e. The minimum absolute atomic E-state index is 0.596. The number of halogens is 34. The molecule has 4 heterocycles. The van der Waals surface area contributed by atoms with Crippen LogP contribution in [0.2, 0.25) is 0 Å². The Morgan fingerprint density at radius 2 is 0.454 bits per heavy atom. The van der Waals surface area contributed by atoms with E-state index in [9.17, 15) is 250 Å². The molecule has 36 nitrogen and oxygen atoms in total. The number of hydrogen-bond acceptors (Lipinski definition) is 30. The van der Waals surface area contributed by atoms with Crippen LogP contribution in [0.4, 0.5) is 168 Å². The fourth-order valence-corrected chi connectivity index (χ4v) is 11.3. The number of aliphatic hydroxyl groups excluding tert-OH is 16. The predicted molar refractivity (Wildman–Crippen MR) is 336 cm³/mol. The Kier molecular flexibility index (Phi) is 37.6. The van der Waals surface area contributed by atoms with E-state index in [1.165, 1.54) is 0 Å². The van der Waals surface area contributed by atoms with Gasteiger partial charge in [-0.05, 0) is 12.8 Å². The third-order valence-corrected chi connectivity index (χ3v) is 19.4. The smallest absolute Gasteiger partial charge is 0.447 e. The zero-order chi connectivity index (χ0) is 101. The number of alkyl carbamates (subject to hydrolysis) is 2. The number of unbranched alkanes of at least 4 members (excludes halogenated alkanes) is 1. The molecule has 70 heteroatoms. The first-order valence-electron chi connectivity index (χ1n) is 35.8. The van der Waals surface area contributed by atoms with Gasteiger partial charge in [0.15, 0.2) is 25.2 Å². The lowest BCUT2D eigenvalue weighted by atomic mass is 9.88. The van der Waals surface area contributed by atoms with Crippen molar-refractivity contribution >= 4 is 24.2 Å². The topological polar surface area (TPSA) is 556 Å². The third-order valence-electron chi connectivity index (χ3n) is 19.4. The van der Waals surface area contributed by atoms with Gasteiger partial charge < -0.3 is 161 Å². The predicted octanol–water partition coefficient (Wildman–Crippen LogP) is -0.640. The second-order valence-corrected chi connectivity index (χ2v) is 28.9. The second kappa shape index (κ2) is 42.2. The second-order valence-electron chi connectivity index (χ2n) is 28.9. The summed E-state index contributed by atoms with van der Waals surface area (Å²) >= 11 is 0. The molecule has 4 saturated heterocycles. The van der Waals surface area contributed by atoms with Gasteiger partial charge in [-0.25, -0.2) is 19.2 Å². The molecule has 0 spiro atoms. The highest BCUT2D eigenvalue weighted by Crippen LogP contribution is 2.67. The molecule has 6 amide bonds. The first-order chi connectivity index (χ1) is 58.7. The molecule has 0 aliphatic carbocycles. The molecule has 0 bridgehead atoms. The van der Waals surface area contributed by atoms with Crippen molar-refractivity contribution in [1.29, 1.82) is 0 Å². The largest absolute Gasteiger partial charge is 0.460 e. The molecule has 4 aliphatic rings. The SMILES string of the molecule is O=C(NCCCCNC(=O)NC(COC(=O)NCCC(F)(F)C(F)(F)C(F)(F)C(F)(F)C(F)(F)C(F)(F)C(F)(F)C(F)(F)F)(CO[C@@H]1O[C@H](CO)[C@H](O)[C@H](O)[C@H]1O)CO[C@@H]1O[C@H](CO)[C@H](O)[C@H](O)[C@H]1O)NC(COC(=O)NCCC(F)(F)C(F)(F)C(F)(F)C(F)(F)C(F)(F)C(F)(F)C(F)(F)C(F)(F)F)(CO[C@@H]1O[C@H](CO)[C@H](O)[C@H](O)[C@H]1O)CO[C@@H]1O[C@H](CO)[C@H](O)[C@H](O)[C@H]1O. The molecule has 0 saturated carbocycles. The van der Waals surface area contributed by atoms with Gasteiger partial charge in [-0.1, -0.05) is 0 Å². The summed E-state index contributed by atoms with van der Waals surface area (Å²) in [6.45, 7) is -22.3. The Labute approximate surface area is 700 Å². The number of aliphatic hydroxyl groups is 16. The van der Waals surface area contributed by atoms with Crippen LogP contribution in [-0.4, -0.2) is 427 Å². The highest BCUT2D eigenvalue weighted by molar-refractivity contribution is 5.75. The Morgan fingerprint density at radius 3 is 0.654 bits per heavy atom. The summed E-state index contributed by atoms with van der Waals surface area (Å²) in [6.07, 6.45) is -75.7. The van der Waals surface area contributed by atoms with Crippen molar-refractivity contribution in [3.8, 4) is 0 Å². The Balaban J connectivity index is 1.71. The van der Waals surface area contributed by atoms with E-state index in [1.807, 2.05) is 21.3 Å². The number of ether oxygens (including phenoxy) is 10. The maximum absolute atomic E-state index is 14.9. The lowest BCUT2D eigenvalue weighted by molar-refractivity contribution is -0.461. The van der Waals surface area contributed by atoms with E-state index in [2.05, 4.69) is 0 Å². The first-order valence-corrected chi connectivity index (χ1v) is 35.8. The molecule has 0 aromatic rings. The molecule has 4 aliphatic heterocycles. The van der Waals surface area contributed by atoms with Gasteiger partial charge in [0.05, 0.1) is 52.9 Å². The number of rotatable bonds is 45. The summed E-state index contributed by atoms with van der Waals surface area (Å²) in [5.74, 6) is -120. The van der Waals surface area contributed by atoms with Crippen LogP contribution in [0, 0.1) is 0 Å². The van der Waals surface area contributed by atoms with Gasteiger partial charge >= 0.3 is 120 Å². The lowest BCUT2D eigenvalue weighted by Crippen LogP contribution is -2.74. The Bertz CT molecular complexity index is 3350. The molecule has 130 heavy (non-hydrogen) atoms. The van der Waals surface area contributed by atoms with E-state index in [0.717, 1.165) is 10.6 Å². The summed E-state index contributed by atoms with van der Waals surface area (Å²) in [5.41, 5.74) is -6.18. The van der Waals surface area contributed by atoms with Crippen LogP contribution in [0.3, 0.4) is 0 Å². The normalized spacial score (nSPS) is 28.3. The average Bonchev–Trinajstić information content (AvgIpc) is 0.697. The summed E-state index contributed by atoms with van der Waals surface area (Å²) in [7, 11) is 0. The van der Waals surface area contributed by atoms with E-state index in [4.69, 9.17) is 47.4 Å². The summed E-state index contributed by atoms with van der Waals surface area (Å²) in [6, 6.07) is -3.54. The van der Waals surface area contributed by atoms with E-state index in [1.54, 1.807) is 0 Å². The van der Waals surface area contributed by atoms with Crippen molar-refractivity contribution in [3.05, 3.63) is 0 Å². The zero-order valence-corrected chi connectivity index (χ0v) is 64.0. The zero-order valence-electron chi connectivity index (χ0n) is 64.0. The third kappa shape index (κ3) is 23.2. The number of carbonyl (C=O) groups excluding carboxylic acids is 4. The maximum Gasteiger partial charge on any atom is 0.460 e. The van der Waals surface area contributed by atoms with Gasteiger partial charge in [0.25, 0.3) is 0 Å². The van der Waals surface area contributed by atoms with Crippen LogP contribution in [0.15, 0.2) is 0 Å². The van der Waals surface area contributed by atoms with Gasteiger partial charge in [0.2, 0.25) is 0 Å². The maximum atomic E-state index is 14.9. The fraction of sp³-hybridized carbons (Fsp3) is 0.933. The highest BCUT2D eigenvalue weighted by Gasteiger charge is 2.97. The average molecular weight is 2010 g/mol. The monoisotopic (exact) mass is 2010 g/mol. The van der Waals surface area contributed by atoms with E-state index in [0.29, 0.717) is 0 Å². The van der Waals surface area contributed by atoms with Gasteiger partial charge in [0, 0.05) is 39.0 Å². The minimum atomic E-state index is -9.05. The Hall–Kier alpha value is -6.26. The standard InChI is InChI=1S/C60H78F34N6O30/c61-45(62,47(65,66)49(69,70)51(73,74)53(77,78)55(81,82)57(85,86)59(89,90)91)3-7-97-41(119)125-17-43(13-121-35-31(113)27(109)23(105)19(9-101)127-35,14-122-36-32(114)28(110)24(106)20(10-102)128-36)99-39(117)95-5-1-2-6-96-40(118)100-44(15-123-37-33(115)29(111)25(107)21(11-103)129-37,16-124-38-34(116)30(112)26(108)22(12-104)130-38)18-126-42(120)98-8-4-46(63,64)48(67,68)50(71,72)52(75,76)54(79,80)56(83,84)58(87,88)60(92,93)94/h19-38,101-116H,1-18H2,(H,97,119)(H,98,120)(H2,95,99,117)(H2,96,100,118)/t19-,20-,21-,22-,23+,24+,25+,26+,27+,28+,29+,30+,31-,32-,33-,34-,35-,36-,37-,38-/m1/s1. The number of amides is 6. The number of urea groups is 2. The summed E-state index contributed by atoms with van der Waals surface area (Å²) in [5, 5.41) is 175. The van der Waals surface area contributed by atoms with Crippen LogP contribution in [0.5, 0.6) is 0 Å². The van der Waals surface area contributed by atoms with Crippen LogP contribution in [-0.2, 0) is 47.4 Å². The van der Waals surface area contributed by atoms with Crippen molar-refractivity contribution in [2.75, 3.05) is 92.2 Å². The van der Waals surface area contributed by atoms with E-state index in [-0.39, 0.29) is 0 Å². The molecule has 22 N–H and O–H groups in total. The molecule has 20 atom stereocenters. The van der Waals surface area contributed by atoms with Crippen LogP contribution in [0.25, 0.3) is 0 Å². The van der Waals surface area contributed by atoms with Crippen molar-refractivity contribution in [3.63, 3.8) is 0 Å². The van der Waals surface area contributed by atoms with Gasteiger partial charge in [-0.2, -0.15) is 149 Å². The molecule has 0 unspecified atom stereocenters. The van der Waals surface area contributed by atoms with E-state index >= 15 is 0 Å². The number of hydrogen-bond donors (Lipinski definition) is 22. The fourth-order valence-electron chi connectivity index (χ4n) is 11.3. The molecule has 4 fully saturated rings. The van der Waals surface area contributed by atoms with Crippen LogP contribution in [0.1, 0.15) is 25.7 Å². The molecule has 0 aromatic heterocycles. The van der Waals surface area contributed by atoms with Gasteiger partial charge in [0.1, 0.15) is 122 Å². The van der Waals surface area contributed by atoms with Crippen LogP contribution >= 0.6 is 0 Å². The van der Waals surface area contributed by atoms with Crippen molar-refractivity contribution in [2.45, 2.75) is 255 Å². The van der Waals surface area contributed by atoms with Crippen molar-refractivity contribution in [2.24, 2.45) is 0 Å². The Morgan fingerprint density at radius 1 is 0.254 bits per heavy atom. The van der Waals surface area contributed by atoms with Crippen molar-refractivity contribution in [1.82, 2.24) is 31.9 Å². The number of carbonyl (C=O) groups is 4. The molecular formula is C60H78F34N6O30. The van der Waals surface area contributed by atoms with Crippen molar-refractivity contribution < 1.29 is 298 Å². The quantitative estimate of drug-likeness (QED) is 0.0266. The molecule has 0 radical (unpaired) electrons. The van der Waals surface area contributed by atoms with Crippen LogP contribution < -0.4 is 31.9 Å². The van der Waals surface area contributed by atoms with E-state index < -0.39 is 371 Å². The number of alkyl halides is 34. The van der Waals surface area contributed by atoms with Gasteiger partial charge in [-0.3, -0.25) is 0 Å². The molecular weight excluding hydrogens is 1930 g/mol. The van der Waals surface area contributed by atoms with Gasteiger partial charge in [-0.15, -0.1) is 0 Å².